The zero-order valence-electron chi connectivity index (χ0n) is 8.38. The summed E-state index contributed by atoms with van der Waals surface area (Å²) >= 11 is 0. The summed E-state index contributed by atoms with van der Waals surface area (Å²) < 4.78 is 5.38. The predicted octanol–water partition coefficient (Wildman–Crippen LogP) is 2.06. The third-order valence-corrected chi connectivity index (χ3v) is 2.96. The third-order valence-electron chi connectivity index (χ3n) is 2.96. The molecule has 0 amide bonds. The van der Waals surface area contributed by atoms with Crippen LogP contribution in [-0.4, -0.2) is 23.3 Å². The molecular weight excluding hydrogens is 168 g/mol. The van der Waals surface area contributed by atoms with Crippen LogP contribution in [0.2, 0.25) is 0 Å². The fraction of sp³-hybridized carbons (Fsp3) is 0.900. The van der Waals surface area contributed by atoms with Crippen molar-refractivity contribution in [3.63, 3.8) is 0 Å². The highest BCUT2D eigenvalue weighted by Gasteiger charge is 2.45. The standard InChI is InChI=1S/C10H18O3/c1-3-8-5-6-10(7-8,9(11)12)13-4-2/h8H,3-7H2,1-2H3,(H,11,12). The summed E-state index contributed by atoms with van der Waals surface area (Å²) in [6.45, 7) is 4.45. The van der Waals surface area contributed by atoms with E-state index in [2.05, 4.69) is 6.92 Å². The van der Waals surface area contributed by atoms with Crippen molar-refractivity contribution >= 4 is 5.97 Å². The molecule has 2 atom stereocenters. The van der Waals surface area contributed by atoms with Gasteiger partial charge in [0.2, 0.25) is 0 Å². The molecule has 1 aliphatic rings. The molecule has 13 heavy (non-hydrogen) atoms. The van der Waals surface area contributed by atoms with Crippen LogP contribution in [0.1, 0.15) is 39.5 Å². The van der Waals surface area contributed by atoms with Crippen LogP contribution in [0, 0.1) is 5.92 Å². The molecule has 3 heteroatoms. The molecule has 0 heterocycles. The molecule has 0 aromatic carbocycles. The van der Waals surface area contributed by atoms with E-state index in [9.17, 15) is 4.79 Å². The molecule has 0 radical (unpaired) electrons. The Morgan fingerprint density at radius 3 is 2.69 bits per heavy atom. The number of carboxylic acids is 1. The van der Waals surface area contributed by atoms with Crippen molar-refractivity contribution < 1.29 is 14.6 Å². The summed E-state index contributed by atoms with van der Waals surface area (Å²) in [6.07, 6.45) is 3.41. The molecule has 1 N–H and O–H groups in total. The van der Waals surface area contributed by atoms with E-state index in [-0.39, 0.29) is 0 Å². The summed E-state index contributed by atoms with van der Waals surface area (Å²) in [5.41, 5.74) is -0.866. The maximum Gasteiger partial charge on any atom is 0.335 e. The summed E-state index contributed by atoms with van der Waals surface area (Å²) in [4.78, 5) is 11.0. The van der Waals surface area contributed by atoms with Crippen LogP contribution in [0.25, 0.3) is 0 Å². The molecule has 0 aliphatic heterocycles. The largest absolute Gasteiger partial charge is 0.479 e. The summed E-state index contributed by atoms with van der Waals surface area (Å²) in [7, 11) is 0. The van der Waals surface area contributed by atoms with E-state index in [1.165, 1.54) is 0 Å². The van der Waals surface area contributed by atoms with Crippen LogP contribution in [0.15, 0.2) is 0 Å². The Kier molecular flexibility index (Phi) is 3.31. The summed E-state index contributed by atoms with van der Waals surface area (Å²) in [5.74, 6) is -0.257. The molecule has 1 aliphatic carbocycles. The number of aliphatic carboxylic acids is 1. The van der Waals surface area contributed by atoms with Crippen LogP contribution in [0.3, 0.4) is 0 Å². The van der Waals surface area contributed by atoms with Gasteiger partial charge in [0.15, 0.2) is 5.60 Å². The van der Waals surface area contributed by atoms with E-state index >= 15 is 0 Å². The second kappa shape index (κ2) is 4.09. The van der Waals surface area contributed by atoms with Gasteiger partial charge in [0.05, 0.1) is 0 Å². The van der Waals surface area contributed by atoms with Crippen molar-refractivity contribution in [2.75, 3.05) is 6.61 Å². The molecule has 0 saturated heterocycles. The first-order valence-electron chi connectivity index (χ1n) is 5.02. The Morgan fingerprint density at radius 1 is 1.62 bits per heavy atom. The lowest BCUT2D eigenvalue weighted by molar-refractivity contribution is -0.165. The normalized spacial score (nSPS) is 33.5. The smallest absolute Gasteiger partial charge is 0.335 e. The van der Waals surface area contributed by atoms with Crippen molar-refractivity contribution in [3.05, 3.63) is 0 Å². The first-order chi connectivity index (χ1) is 6.14. The lowest BCUT2D eigenvalue weighted by atomic mass is 9.99. The Bertz CT molecular complexity index is 191. The van der Waals surface area contributed by atoms with Gasteiger partial charge in [-0.2, -0.15) is 0 Å². The summed E-state index contributed by atoms with van der Waals surface area (Å²) in [5, 5.41) is 9.08. The van der Waals surface area contributed by atoms with Crippen LogP contribution in [-0.2, 0) is 9.53 Å². The van der Waals surface area contributed by atoms with Crippen molar-refractivity contribution in [3.8, 4) is 0 Å². The minimum atomic E-state index is -0.866. The Hall–Kier alpha value is -0.570. The average Bonchev–Trinajstić information content (AvgIpc) is 2.50. The van der Waals surface area contributed by atoms with Gasteiger partial charge in [-0.1, -0.05) is 13.3 Å². The van der Waals surface area contributed by atoms with Crippen molar-refractivity contribution in [2.24, 2.45) is 5.92 Å². The second-order valence-electron chi connectivity index (χ2n) is 3.75. The van der Waals surface area contributed by atoms with Gasteiger partial charge in [0.25, 0.3) is 0 Å². The van der Waals surface area contributed by atoms with E-state index in [1.807, 2.05) is 6.92 Å². The molecule has 0 aromatic rings. The highest BCUT2D eigenvalue weighted by Crippen LogP contribution is 2.39. The fourth-order valence-electron chi connectivity index (χ4n) is 2.12. The number of hydrogen-bond donors (Lipinski definition) is 1. The Labute approximate surface area is 79.1 Å². The first kappa shape index (κ1) is 10.5. The number of carboxylic acid groups (broad SMARTS) is 1. The molecule has 1 rings (SSSR count). The fourth-order valence-corrected chi connectivity index (χ4v) is 2.12. The van der Waals surface area contributed by atoms with Gasteiger partial charge >= 0.3 is 5.97 Å². The van der Waals surface area contributed by atoms with Gasteiger partial charge in [-0.25, -0.2) is 4.79 Å². The highest BCUT2D eigenvalue weighted by atomic mass is 16.5. The summed E-state index contributed by atoms with van der Waals surface area (Å²) in [6, 6.07) is 0. The van der Waals surface area contributed by atoms with Crippen LogP contribution in [0.5, 0.6) is 0 Å². The highest BCUT2D eigenvalue weighted by molar-refractivity contribution is 5.77. The monoisotopic (exact) mass is 186 g/mol. The number of hydrogen-bond acceptors (Lipinski definition) is 2. The Balaban J connectivity index is 2.65. The van der Waals surface area contributed by atoms with Gasteiger partial charge in [0, 0.05) is 6.61 Å². The number of ether oxygens (including phenoxy) is 1. The number of rotatable bonds is 4. The minimum Gasteiger partial charge on any atom is -0.479 e. The zero-order valence-corrected chi connectivity index (χ0v) is 8.38. The van der Waals surface area contributed by atoms with Gasteiger partial charge in [-0.05, 0) is 32.1 Å². The van der Waals surface area contributed by atoms with Gasteiger partial charge in [-0.15, -0.1) is 0 Å². The van der Waals surface area contributed by atoms with E-state index in [1.54, 1.807) is 0 Å². The second-order valence-corrected chi connectivity index (χ2v) is 3.75. The minimum absolute atomic E-state index is 0.489. The SMILES string of the molecule is CCOC1(C(=O)O)CCC(CC)C1. The molecule has 2 unspecified atom stereocenters. The molecule has 0 spiro atoms. The molecular formula is C10H18O3. The van der Waals surface area contributed by atoms with Crippen LogP contribution in [0.4, 0.5) is 0 Å². The topological polar surface area (TPSA) is 46.5 Å². The molecule has 3 nitrogen and oxygen atoms in total. The lowest BCUT2D eigenvalue weighted by Gasteiger charge is -2.24. The Morgan fingerprint density at radius 2 is 2.31 bits per heavy atom. The lowest BCUT2D eigenvalue weighted by Crippen LogP contribution is -2.39. The van der Waals surface area contributed by atoms with E-state index < -0.39 is 11.6 Å². The van der Waals surface area contributed by atoms with Crippen LogP contribution < -0.4 is 0 Å². The first-order valence-corrected chi connectivity index (χ1v) is 5.02. The van der Waals surface area contributed by atoms with Crippen molar-refractivity contribution in [1.82, 2.24) is 0 Å². The van der Waals surface area contributed by atoms with Crippen molar-refractivity contribution in [2.45, 2.75) is 45.1 Å². The molecule has 0 bridgehead atoms. The van der Waals surface area contributed by atoms with E-state index in [0.717, 1.165) is 12.8 Å². The quantitative estimate of drug-likeness (QED) is 0.731. The maximum atomic E-state index is 11.0. The molecule has 76 valence electrons. The van der Waals surface area contributed by atoms with Gasteiger partial charge in [0.1, 0.15) is 0 Å². The predicted molar refractivity (Wildman–Crippen MR) is 49.6 cm³/mol. The molecule has 0 aromatic heterocycles. The third kappa shape index (κ3) is 2.02. The molecule has 1 saturated carbocycles. The molecule has 1 fully saturated rings. The van der Waals surface area contributed by atoms with Gasteiger partial charge in [-0.3, -0.25) is 0 Å². The van der Waals surface area contributed by atoms with Gasteiger partial charge < -0.3 is 9.84 Å². The average molecular weight is 186 g/mol. The maximum absolute atomic E-state index is 11.0. The van der Waals surface area contributed by atoms with Crippen molar-refractivity contribution in [1.29, 1.82) is 0 Å². The number of carbonyl (C=O) groups is 1. The van der Waals surface area contributed by atoms with Crippen LogP contribution >= 0.6 is 0 Å². The van der Waals surface area contributed by atoms with E-state index in [0.29, 0.717) is 25.4 Å². The van der Waals surface area contributed by atoms with E-state index in [4.69, 9.17) is 9.84 Å². The zero-order chi connectivity index (χ0) is 9.90.